The summed E-state index contributed by atoms with van der Waals surface area (Å²) in [5.41, 5.74) is 3.58. The van der Waals surface area contributed by atoms with Crippen molar-refractivity contribution in [1.29, 1.82) is 0 Å². The second-order valence-corrected chi connectivity index (χ2v) is 5.68. The van der Waals surface area contributed by atoms with Gasteiger partial charge in [0.25, 0.3) is 0 Å². The van der Waals surface area contributed by atoms with E-state index in [-0.39, 0.29) is 0 Å². The lowest BCUT2D eigenvalue weighted by Crippen LogP contribution is -2.37. The molecule has 0 amide bonds. The first-order valence-corrected chi connectivity index (χ1v) is 7.14. The first-order chi connectivity index (χ1) is 8.56. The lowest BCUT2D eigenvalue weighted by Gasteiger charge is -2.22. The Hall–Kier alpha value is -0.800. The van der Waals surface area contributed by atoms with E-state index in [1.54, 1.807) is 0 Å². The summed E-state index contributed by atoms with van der Waals surface area (Å²) in [5, 5.41) is 13.7. The fourth-order valence-corrected chi connectivity index (χ4v) is 3.18. The molecule has 102 valence electrons. The lowest BCUT2D eigenvalue weighted by molar-refractivity contribution is 0.0474. The molecule has 1 aromatic rings. The summed E-state index contributed by atoms with van der Waals surface area (Å²) < 4.78 is 2.33. The molecule has 0 unspecified atom stereocenters. The number of rotatable bonds is 5. The first-order valence-electron chi connectivity index (χ1n) is 7.14. The molecule has 0 aliphatic heterocycles. The summed E-state index contributed by atoms with van der Waals surface area (Å²) in [6, 6.07) is 2.25. The van der Waals surface area contributed by atoms with Crippen LogP contribution in [0.25, 0.3) is 0 Å². The van der Waals surface area contributed by atoms with E-state index in [0.29, 0.717) is 0 Å². The Morgan fingerprint density at radius 3 is 2.56 bits per heavy atom. The third-order valence-corrected chi connectivity index (χ3v) is 4.30. The summed E-state index contributed by atoms with van der Waals surface area (Å²) >= 11 is 0. The zero-order valence-corrected chi connectivity index (χ0v) is 11.9. The topological polar surface area (TPSA) is 37.2 Å². The quantitative estimate of drug-likeness (QED) is 0.842. The summed E-state index contributed by atoms with van der Waals surface area (Å²) in [7, 11) is 0. The van der Waals surface area contributed by atoms with Crippen LogP contribution >= 0.6 is 0 Å². The predicted octanol–water partition coefficient (Wildman–Crippen LogP) is 2.52. The Kier molecular flexibility index (Phi) is 4.13. The van der Waals surface area contributed by atoms with Crippen molar-refractivity contribution in [3.63, 3.8) is 0 Å². The van der Waals surface area contributed by atoms with Gasteiger partial charge in [0.15, 0.2) is 0 Å². The highest BCUT2D eigenvalue weighted by molar-refractivity contribution is 5.26. The monoisotopic (exact) mass is 250 g/mol. The standard InChI is InChI=1S/C15H26N2O/c1-4-17-12(2)9-14(13(17)3)10-16-11-15(18)7-5-6-8-15/h9,16,18H,4-8,10-11H2,1-3H3. The number of aryl methyl sites for hydroxylation is 1. The normalized spacial score (nSPS) is 18.4. The maximum atomic E-state index is 10.3. The van der Waals surface area contributed by atoms with Crippen LogP contribution in [0, 0.1) is 13.8 Å². The summed E-state index contributed by atoms with van der Waals surface area (Å²) in [6.45, 7) is 9.13. The van der Waals surface area contributed by atoms with Crippen molar-refractivity contribution in [3.8, 4) is 0 Å². The van der Waals surface area contributed by atoms with Gasteiger partial charge in [0.05, 0.1) is 5.60 Å². The van der Waals surface area contributed by atoms with Crippen LogP contribution < -0.4 is 5.32 Å². The van der Waals surface area contributed by atoms with Crippen LogP contribution in [-0.2, 0) is 13.1 Å². The first kappa shape index (κ1) is 13.6. The molecule has 2 rings (SSSR count). The van der Waals surface area contributed by atoms with Gasteiger partial charge in [-0.2, -0.15) is 0 Å². The van der Waals surface area contributed by atoms with E-state index in [1.807, 2.05) is 0 Å². The van der Waals surface area contributed by atoms with Gasteiger partial charge in [-0.05, 0) is 45.2 Å². The van der Waals surface area contributed by atoms with Crippen LogP contribution in [-0.4, -0.2) is 21.8 Å². The molecular formula is C15H26N2O. The smallest absolute Gasteiger partial charge is 0.0771 e. The molecule has 0 spiro atoms. The predicted molar refractivity (Wildman–Crippen MR) is 74.7 cm³/mol. The molecule has 0 saturated heterocycles. The molecule has 3 nitrogen and oxygen atoms in total. The summed E-state index contributed by atoms with van der Waals surface area (Å²) in [6.07, 6.45) is 4.24. The summed E-state index contributed by atoms with van der Waals surface area (Å²) in [5.74, 6) is 0. The molecule has 1 aliphatic carbocycles. The van der Waals surface area contributed by atoms with Gasteiger partial charge in [-0.25, -0.2) is 0 Å². The second-order valence-electron chi connectivity index (χ2n) is 5.68. The Labute approximate surface area is 110 Å². The molecule has 0 radical (unpaired) electrons. The highest BCUT2D eigenvalue weighted by atomic mass is 16.3. The van der Waals surface area contributed by atoms with Crippen molar-refractivity contribution in [3.05, 3.63) is 23.0 Å². The minimum absolute atomic E-state index is 0.448. The zero-order chi connectivity index (χ0) is 13.2. The number of nitrogens with zero attached hydrogens (tertiary/aromatic N) is 1. The number of aromatic nitrogens is 1. The van der Waals surface area contributed by atoms with E-state index in [1.165, 1.54) is 29.8 Å². The van der Waals surface area contributed by atoms with Crippen molar-refractivity contribution in [1.82, 2.24) is 9.88 Å². The van der Waals surface area contributed by atoms with E-state index in [2.05, 4.69) is 36.7 Å². The Balaban J connectivity index is 1.90. The van der Waals surface area contributed by atoms with Gasteiger partial charge in [-0.1, -0.05) is 12.8 Å². The van der Waals surface area contributed by atoms with E-state index < -0.39 is 5.60 Å². The Bertz CT molecular complexity index is 403. The van der Waals surface area contributed by atoms with Gasteiger partial charge in [-0.15, -0.1) is 0 Å². The van der Waals surface area contributed by atoms with Crippen LogP contribution in [0.2, 0.25) is 0 Å². The van der Waals surface area contributed by atoms with Crippen LogP contribution in [0.15, 0.2) is 6.07 Å². The molecule has 2 N–H and O–H groups in total. The van der Waals surface area contributed by atoms with Gasteiger partial charge in [0.2, 0.25) is 0 Å². The van der Waals surface area contributed by atoms with Crippen molar-refractivity contribution >= 4 is 0 Å². The zero-order valence-electron chi connectivity index (χ0n) is 11.9. The lowest BCUT2D eigenvalue weighted by atomic mass is 10.0. The highest BCUT2D eigenvalue weighted by Gasteiger charge is 2.30. The van der Waals surface area contributed by atoms with E-state index in [0.717, 1.165) is 32.5 Å². The third kappa shape index (κ3) is 2.78. The number of aliphatic hydroxyl groups is 1. The Morgan fingerprint density at radius 1 is 1.33 bits per heavy atom. The maximum absolute atomic E-state index is 10.3. The summed E-state index contributed by atoms with van der Waals surface area (Å²) in [4.78, 5) is 0. The average molecular weight is 250 g/mol. The SMILES string of the molecule is CCn1c(C)cc(CNCC2(O)CCCC2)c1C. The molecule has 0 bridgehead atoms. The molecule has 18 heavy (non-hydrogen) atoms. The number of nitrogens with one attached hydrogen (secondary N) is 1. The Morgan fingerprint density at radius 2 is 2.00 bits per heavy atom. The van der Waals surface area contributed by atoms with Crippen LogP contribution in [0.4, 0.5) is 0 Å². The van der Waals surface area contributed by atoms with Crippen molar-refractivity contribution in [2.24, 2.45) is 0 Å². The van der Waals surface area contributed by atoms with Gasteiger partial charge in [-0.3, -0.25) is 0 Å². The molecule has 3 heteroatoms. The maximum Gasteiger partial charge on any atom is 0.0771 e. The minimum atomic E-state index is -0.448. The number of hydrogen-bond donors (Lipinski definition) is 2. The fraction of sp³-hybridized carbons (Fsp3) is 0.733. The molecule has 1 fully saturated rings. The average Bonchev–Trinajstić information content (AvgIpc) is 2.85. The van der Waals surface area contributed by atoms with Crippen LogP contribution in [0.5, 0.6) is 0 Å². The van der Waals surface area contributed by atoms with Crippen molar-refractivity contribution < 1.29 is 5.11 Å². The molecule has 1 aromatic heterocycles. The molecule has 0 aromatic carbocycles. The van der Waals surface area contributed by atoms with E-state index in [4.69, 9.17) is 0 Å². The second kappa shape index (κ2) is 5.45. The number of hydrogen-bond acceptors (Lipinski definition) is 2. The van der Waals surface area contributed by atoms with Crippen LogP contribution in [0.1, 0.15) is 49.6 Å². The van der Waals surface area contributed by atoms with E-state index in [9.17, 15) is 5.11 Å². The molecular weight excluding hydrogens is 224 g/mol. The van der Waals surface area contributed by atoms with Gasteiger partial charge in [0.1, 0.15) is 0 Å². The van der Waals surface area contributed by atoms with Gasteiger partial charge >= 0.3 is 0 Å². The third-order valence-electron chi connectivity index (χ3n) is 4.30. The molecule has 1 heterocycles. The van der Waals surface area contributed by atoms with Gasteiger partial charge in [0, 0.05) is 31.0 Å². The van der Waals surface area contributed by atoms with Crippen LogP contribution in [0.3, 0.4) is 0 Å². The highest BCUT2D eigenvalue weighted by Crippen LogP contribution is 2.28. The van der Waals surface area contributed by atoms with Crippen molar-refractivity contribution in [2.75, 3.05) is 6.54 Å². The fourth-order valence-electron chi connectivity index (χ4n) is 3.18. The largest absolute Gasteiger partial charge is 0.389 e. The molecule has 1 saturated carbocycles. The van der Waals surface area contributed by atoms with E-state index >= 15 is 0 Å². The molecule has 0 atom stereocenters. The minimum Gasteiger partial charge on any atom is -0.389 e. The van der Waals surface area contributed by atoms with Crippen molar-refractivity contribution in [2.45, 2.75) is 65.1 Å². The van der Waals surface area contributed by atoms with Gasteiger partial charge < -0.3 is 15.0 Å². The molecule has 1 aliphatic rings.